The standard InChI is InChI=1S/C2H3N3O.H2/c3-2-5-4-1-6-2;/h1H,(H2,3,5);1H. The van der Waals surface area contributed by atoms with E-state index in [1.165, 1.54) is 6.39 Å². The summed E-state index contributed by atoms with van der Waals surface area (Å²) in [7, 11) is 0. The third kappa shape index (κ3) is 0.314. The highest BCUT2D eigenvalue weighted by Crippen LogP contribution is 1.85. The van der Waals surface area contributed by atoms with Crippen LogP contribution in [0.1, 0.15) is 1.43 Å². The molecule has 0 fully saturated rings. The average Bonchev–Trinajstić information content (AvgIpc) is 1.86. The first-order valence-corrected chi connectivity index (χ1v) is 1.41. The number of rotatable bonds is 0. The van der Waals surface area contributed by atoms with Crippen molar-refractivity contribution in [3.63, 3.8) is 0 Å². The summed E-state index contributed by atoms with van der Waals surface area (Å²) in [5, 5.41) is 6.56. The number of hydrogen-bond acceptors (Lipinski definition) is 4. The molecule has 0 atom stereocenters. The van der Waals surface area contributed by atoms with Crippen molar-refractivity contribution in [2.75, 3.05) is 5.73 Å². The smallest absolute Gasteiger partial charge is 0.312 e. The van der Waals surface area contributed by atoms with E-state index >= 15 is 0 Å². The summed E-state index contributed by atoms with van der Waals surface area (Å²) in [6.45, 7) is 0. The lowest BCUT2D eigenvalue weighted by atomic mass is 11.2. The SMILES string of the molecule is Nc1nnco1.[HH]. The van der Waals surface area contributed by atoms with Crippen LogP contribution in [0.15, 0.2) is 10.8 Å². The Kier molecular flexibility index (Phi) is 0.506. The molecule has 0 saturated carbocycles. The second-order valence-electron chi connectivity index (χ2n) is 0.777. The van der Waals surface area contributed by atoms with E-state index in [1.807, 2.05) is 0 Å². The summed E-state index contributed by atoms with van der Waals surface area (Å²) in [4.78, 5) is 0. The van der Waals surface area contributed by atoms with Crippen molar-refractivity contribution >= 4 is 6.01 Å². The molecule has 0 bridgehead atoms. The van der Waals surface area contributed by atoms with Crippen molar-refractivity contribution in [3.05, 3.63) is 6.39 Å². The predicted molar refractivity (Wildman–Crippen MR) is 20.8 cm³/mol. The van der Waals surface area contributed by atoms with Gasteiger partial charge in [-0.1, -0.05) is 5.10 Å². The molecule has 6 heavy (non-hydrogen) atoms. The van der Waals surface area contributed by atoms with Crippen LogP contribution in [0.3, 0.4) is 0 Å². The van der Waals surface area contributed by atoms with Crippen LogP contribution >= 0.6 is 0 Å². The Hall–Kier alpha value is -1.06. The fourth-order valence-corrected chi connectivity index (χ4v) is 0.182. The summed E-state index contributed by atoms with van der Waals surface area (Å²) in [6, 6.07) is 0.106. The highest BCUT2D eigenvalue weighted by Gasteiger charge is 1.80. The molecule has 0 unspecified atom stereocenters. The van der Waals surface area contributed by atoms with E-state index in [2.05, 4.69) is 14.6 Å². The van der Waals surface area contributed by atoms with Crippen LogP contribution < -0.4 is 5.73 Å². The molecule has 0 amide bonds. The molecule has 4 nitrogen and oxygen atoms in total. The van der Waals surface area contributed by atoms with Gasteiger partial charge in [0.25, 0.3) is 0 Å². The molecule has 4 heteroatoms. The van der Waals surface area contributed by atoms with Gasteiger partial charge >= 0.3 is 6.01 Å². The number of aromatic nitrogens is 2. The van der Waals surface area contributed by atoms with Gasteiger partial charge in [-0.05, 0) is 0 Å². The topological polar surface area (TPSA) is 64.9 Å². The van der Waals surface area contributed by atoms with Gasteiger partial charge in [0.1, 0.15) is 0 Å². The van der Waals surface area contributed by atoms with Gasteiger partial charge in [0.15, 0.2) is 0 Å². The Morgan fingerprint density at radius 2 is 2.83 bits per heavy atom. The van der Waals surface area contributed by atoms with E-state index < -0.39 is 0 Å². The van der Waals surface area contributed by atoms with Crippen LogP contribution in [0.5, 0.6) is 0 Å². The first-order chi connectivity index (χ1) is 2.89. The molecule has 0 aliphatic heterocycles. The maximum atomic E-state index is 4.94. The van der Waals surface area contributed by atoms with Gasteiger partial charge in [-0.15, -0.1) is 5.10 Å². The Morgan fingerprint density at radius 3 is 3.00 bits per heavy atom. The van der Waals surface area contributed by atoms with E-state index in [9.17, 15) is 0 Å². The molecule has 1 rings (SSSR count). The Balaban J connectivity index is 0.000000360. The number of hydrogen-bond donors (Lipinski definition) is 1. The van der Waals surface area contributed by atoms with Crippen molar-refractivity contribution in [1.82, 2.24) is 10.2 Å². The molecule has 1 aromatic heterocycles. The van der Waals surface area contributed by atoms with Gasteiger partial charge in [0, 0.05) is 1.43 Å². The summed E-state index contributed by atoms with van der Waals surface area (Å²) in [6.07, 6.45) is 1.18. The Labute approximate surface area is 35.5 Å². The maximum absolute atomic E-state index is 4.94. The molecular formula is C2H5N3O. The molecule has 1 aromatic rings. The molecule has 2 N–H and O–H groups in total. The molecule has 0 spiro atoms. The lowest BCUT2D eigenvalue weighted by molar-refractivity contribution is 0.574. The zero-order valence-electron chi connectivity index (χ0n) is 2.96. The second-order valence-corrected chi connectivity index (χ2v) is 0.777. The van der Waals surface area contributed by atoms with Gasteiger partial charge < -0.3 is 10.2 Å². The normalized spacial score (nSPS) is 8.67. The first kappa shape index (κ1) is 3.14. The number of anilines is 1. The minimum Gasteiger partial charge on any atom is -0.411 e. The molecule has 0 aromatic carbocycles. The summed E-state index contributed by atoms with van der Waals surface area (Å²) < 4.78 is 4.39. The van der Waals surface area contributed by atoms with Gasteiger partial charge in [-0.2, -0.15) is 0 Å². The number of nitrogens with zero attached hydrogens (tertiary/aromatic N) is 2. The summed E-state index contributed by atoms with van der Waals surface area (Å²) in [5.41, 5.74) is 4.94. The van der Waals surface area contributed by atoms with Crippen LogP contribution in [0.2, 0.25) is 0 Å². The zero-order chi connectivity index (χ0) is 4.41. The van der Waals surface area contributed by atoms with Crippen molar-refractivity contribution in [2.24, 2.45) is 0 Å². The predicted octanol–water partition coefficient (Wildman–Crippen LogP) is -0.102. The van der Waals surface area contributed by atoms with Crippen LogP contribution in [-0.4, -0.2) is 10.2 Å². The molecule has 0 saturated heterocycles. The number of nitrogen functional groups attached to an aromatic ring is 1. The highest BCUT2D eigenvalue weighted by molar-refractivity contribution is 5.01. The molecule has 34 valence electrons. The monoisotopic (exact) mass is 87.0 g/mol. The average molecular weight is 87.1 g/mol. The fourth-order valence-electron chi connectivity index (χ4n) is 0.182. The van der Waals surface area contributed by atoms with E-state index in [4.69, 9.17) is 5.73 Å². The van der Waals surface area contributed by atoms with Gasteiger partial charge in [-0.3, -0.25) is 0 Å². The fraction of sp³-hybridized carbons (Fsp3) is 0. The lowest BCUT2D eigenvalue weighted by Gasteiger charge is -1.65. The van der Waals surface area contributed by atoms with Crippen molar-refractivity contribution < 1.29 is 5.84 Å². The molecular weight excluding hydrogens is 82.0 g/mol. The van der Waals surface area contributed by atoms with E-state index in [-0.39, 0.29) is 7.44 Å². The Morgan fingerprint density at radius 1 is 2.00 bits per heavy atom. The van der Waals surface area contributed by atoms with E-state index in [0.717, 1.165) is 0 Å². The third-order valence-corrected chi connectivity index (χ3v) is 0.377. The summed E-state index contributed by atoms with van der Waals surface area (Å²) in [5.74, 6) is 0. The minimum atomic E-state index is 0. The quantitative estimate of drug-likeness (QED) is 0.479. The molecule has 0 radical (unpaired) electrons. The Bertz CT molecular complexity index is 116. The zero-order valence-corrected chi connectivity index (χ0v) is 2.96. The molecule has 0 aliphatic carbocycles. The van der Waals surface area contributed by atoms with E-state index in [1.54, 1.807) is 0 Å². The second kappa shape index (κ2) is 0.965. The van der Waals surface area contributed by atoms with Crippen molar-refractivity contribution in [2.45, 2.75) is 0 Å². The molecule has 1 heterocycles. The van der Waals surface area contributed by atoms with Crippen molar-refractivity contribution in [3.8, 4) is 0 Å². The number of nitrogens with two attached hydrogens (primary N) is 1. The highest BCUT2D eigenvalue weighted by atomic mass is 16.4. The largest absolute Gasteiger partial charge is 0.411 e. The van der Waals surface area contributed by atoms with Crippen LogP contribution in [-0.2, 0) is 0 Å². The van der Waals surface area contributed by atoms with E-state index in [0.29, 0.717) is 0 Å². The van der Waals surface area contributed by atoms with Crippen LogP contribution in [0.25, 0.3) is 0 Å². The maximum Gasteiger partial charge on any atom is 0.312 e. The molecule has 0 aliphatic rings. The lowest BCUT2D eigenvalue weighted by Crippen LogP contribution is -1.81. The summed E-state index contributed by atoms with van der Waals surface area (Å²) >= 11 is 0. The van der Waals surface area contributed by atoms with Gasteiger partial charge in [0.2, 0.25) is 6.39 Å². The van der Waals surface area contributed by atoms with Crippen LogP contribution in [0, 0.1) is 0 Å². The van der Waals surface area contributed by atoms with Crippen molar-refractivity contribution in [1.29, 1.82) is 0 Å². The van der Waals surface area contributed by atoms with Gasteiger partial charge in [0.05, 0.1) is 0 Å². The van der Waals surface area contributed by atoms with Gasteiger partial charge in [-0.25, -0.2) is 0 Å². The third-order valence-electron chi connectivity index (χ3n) is 0.377. The minimum absolute atomic E-state index is 0. The van der Waals surface area contributed by atoms with Crippen LogP contribution in [0.4, 0.5) is 6.01 Å². The first-order valence-electron chi connectivity index (χ1n) is 1.41.